The Kier molecular flexibility index (Phi) is 6.60. The summed E-state index contributed by atoms with van der Waals surface area (Å²) < 4.78 is 2.00. The average molecular weight is 396 g/mol. The number of nitrogens with one attached hydrogen (secondary N) is 1. The van der Waals surface area contributed by atoms with E-state index in [-0.39, 0.29) is 6.61 Å². The third-order valence-electron chi connectivity index (χ3n) is 5.55. The zero-order valence-corrected chi connectivity index (χ0v) is 18.0. The lowest BCUT2D eigenvalue weighted by atomic mass is 9.84. The summed E-state index contributed by atoms with van der Waals surface area (Å²) in [5.74, 6) is 0.684. The van der Waals surface area contributed by atoms with E-state index < -0.39 is 5.60 Å². The summed E-state index contributed by atoms with van der Waals surface area (Å²) in [6.07, 6.45) is 3.19. The highest BCUT2D eigenvalue weighted by molar-refractivity contribution is 5.84. The van der Waals surface area contributed by atoms with E-state index in [0.717, 1.165) is 40.7 Å². The number of aromatic nitrogens is 2. The van der Waals surface area contributed by atoms with Gasteiger partial charge in [0.2, 0.25) is 5.95 Å². The van der Waals surface area contributed by atoms with E-state index in [4.69, 9.17) is 4.98 Å². The monoisotopic (exact) mass is 395 g/mol. The number of anilines is 2. The van der Waals surface area contributed by atoms with Gasteiger partial charge in [-0.1, -0.05) is 56.5 Å². The van der Waals surface area contributed by atoms with E-state index in [2.05, 4.69) is 51.2 Å². The van der Waals surface area contributed by atoms with E-state index in [1.54, 1.807) is 0 Å². The molecule has 0 unspecified atom stereocenters. The SMILES string of the molecule is CCCC(O)(CCC)c1cccc2nc(Nc3ccc(C)cc3C)n(CCO)c12. The van der Waals surface area contributed by atoms with Crippen molar-refractivity contribution in [3.8, 4) is 0 Å². The Morgan fingerprint density at radius 1 is 1.07 bits per heavy atom. The minimum atomic E-state index is -0.896. The molecule has 3 aromatic rings. The molecule has 1 heterocycles. The molecule has 1 aromatic heterocycles. The molecular weight excluding hydrogens is 362 g/mol. The second kappa shape index (κ2) is 8.97. The van der Waals surface area contributed by atoms with Crippen LogP contribution >= 0.6 is 0 Å². The number of aryl methyl sites for hydroxylation is 2. The van der Waals surface area contributed by atoms with Crippen molar-refractivity contribution in [1.82, 2.24) is 9.55 Å². The maximum Gasteiger partial charge on any atom is 0.208 e. The van der Waals surface area contributed by atoms with E-state index in [1.807, 2.05) is 22.8 Å². The smallest absolute Gasteiger partial charge is 0.208 e. The van der Waals surface area contributed by atoms with Gasteiger partial charge in [0, 0.05) is 17.8 Å². The maximum atomic E-state index is 11.5. The van der Waals surface area contributed by atoms with Crippen LogP contribution in [0, 0.1) is 13.8 Å². The van der Waals surface area contributed by atoms with Crippen LogP contribution in [0.25, 0.3) is 11.0 Å². The molecule has 0 atom stereocenters. The molecule has 0 aliphatic rings. The number of aliphatic hydroxyl groups is 2. The summed E-state index contributed by atoms with van der Waals surface area (Å²) in [6.45, 7) is 8.75. The highest BCUT2D eigenvalue weighted by Gasteiger charge is 2.31. The number of rotatable bonds is 9. The molecule has 156 valence electrons. The molecule has 0 spiro atoms. The first-order chi connectivity index (χ1) is 13.9. The van der Waals surface area contributed by atoms with E-state index in [1.165, 1.54) is 5.56 Å². The van der Waals surface area contributed by atoms with Crippen LogP contribution in [0.3, 0.4) is 0 Å². The summed E-state index contributed by atoms with van der Waals surface area (Å²) in [7, 11) is 0. The Labute approximate surface area is 173 Å². The first-order valence-corrected chi connectivity index (χ1v) is 10.6. The Morgan fingerprint density at radius 2 is 1.79 bits per heavy atom. The normalized spacial score (nSPS) is 11.9. The molecule has 2 aromatic carbocycles. The predicted octanol–water partition coefficient (Wildman–Crippen LogP) is 5.18. The van der Waals surface area contributed by atoms with Crippen LogP contribution in [0.15, 0.2) is 36.4 Å². The van der Waals surface area contributed by atoms with Gasteiger partial charge in [0.1, 0.15) is 0 Å². The fraction of sp³-hybridized carbons (Fsp3) is 0.458. The van der Waals surface area contributed by atoms with Crippen LogP contribution in [0.1, 0.15) is 56.2 Å². The average Bonchev–Trinajstić information content (AvgIpc) is 3.02. The number of aliphatic hydroxyl groups excluding tert-OH is 1. The van der Waals surface area contributed by atoms with Crippen molar-refractivity contribution in [3.05, 3.63) is 53.1 Å². The highest BCUT2D eigenvalue weighted by Crippen LogP contribution is 2.37. The predicted molar refractivity (Wildman–Crippen MR) is 120 cm³/mol. The Morgan fingerprint density at radius 3 is 2.41 bits per heavy atom. The highest BCUT2D eigenvalue weighted by atomic mass is 16.3. The molecule has 5 heteroatoms. The van der Waals surface area contributed by atoms with E-state index in [9.17, 15) is 10.2 Å². The second-order valence-electron chi connectivity index (χ2n) is 7.96. The molecule has 0 saturated heterocycles. The van der Waals surface area contributed by atoms with Crippen LogP contribution in [0.4, 0.5) is 11.6 Å². The zero-order chi connectivity index (χ0) is 21.0. The number of imidazole rings is 1. The molecule has 0 fully saturated rings. The van der Waals surface area contributed by atoms with Gasteiger partial charge >= 0.3 is 0 Å². The standard InChI is InChI=1S/C24H33N3O2/c1-5-12-24(29,13-6-2)19-8-7-9-21-22(19)27(14-15-28)23(26-21)25-20-11-10-17(3)16-18(20)4/h7-11,16,28-29H,5-6,12-15H2,1-4H3,(H,25,26). The minimum Gasteiger partial charge on any atom is -0.395 e. The van der Waals surface area contributed by atoms with Crippen LogP contribution in [0.2, 0.25) is 0 Å². The van der Waals surface area contributed by atoms with E-state index >= 15 is 0 Å². The molecule has 29 heavy (non-hydrogen) atoms. The number of nitrogens with zero attached hydrogens (tertiary/aromatic N) is 2. The number of benzene rings is 2. The van der Waals surface area contributed by atoms with Gasteiger partial charge in [-0.05, 0) is 44.4 Å². The van der Waals surface area contributed by atoms with Gasteiger partial charge in [0.25, 0.3) is 0 Å². The van der Waals surface area contributed by atoms with Gasteiger partial charge < -0.3 is 20.1 Å². The van der Waals surface area contributed by atoms with Gasteiger partial charge in [0.15, 0.2) is 0 Å². The van der Waals surface area contributed by atoms with Crippen molar-refractivity contribution in [2.45, 2.75) is 65.5 Å². The van der Waals surface area contributed by atoms with Crippen molar-refractivity contribution in [2.24, 2.45) is 0 Å². The lowest BCUT2D eigenvalue weighted by Gasteiger charge is -2.29. The van der Waals surface area contributed by atoms with Crippen molar-refractivity contribution < 1.29 is 10.2 Å². The topological polar surface area (TPSA) is 70.3 Å². The van der Waals surface area contributed by atoms with Crippen LogP contribution in [-0.4, -0.2) is 26.4 Å². The molecule has 0 bridgehead atoms. The van der Waals surface area contributed by atoms with Crippen molar-refractivity contribution >= 4 is 22.7 Å². The number of fused-ring (bicyclic) bond motifs is 1. The molecular formula is C24H33N3O2. The molecule has 3 N–H and O–H groups in total. The fourth-order valence-corrected chi connectivity index (χ4v) is 4.27. The number of hydrogen-bond donors (Lipinski definition) is 3. The Balaban J connectivity index is 2.16. The van der Waals surface area contributed by atoms with Gasteiger partial charge in [-0.15, -0.1) is 0 Å². The summed E-state index contributed by atoms with van der Waals surface area (Å²) in [6, 6.07) is 12.2. The summed E-state index contributed by atoms with van der Waals surface area (Å²) in [5, 5.41) is 24.7. The third-order valence-corrected chi connectivity index (χ3v) is 5.55. The first-order valence-electron chi connectivity index (χ1n) is 10.6. The molecule has 0 radical (unpaired) electrons. The van der Waals surface area contributed by atoms with Crippen LogP contribution < -0.4 is 5.32 Å². The maximum absolute atomic E-state index is 11.5. The van der Waals surface area contributed by atoms with Gasteiger partial charge in [-0.2, -0.15) is 0 Å². The van der Waals surface area contributed by atoms with Gasteiger partial charge in [-0.25, -0.2) is 4.98 Å². The zero-order valence-electron chi connectivity index (χ0n) is 18.0. The molecule has 0 saturated carbocycles. The molecule has 5 nitrogen and oxygen atoms in total. The molecule has 0 aliphatic carbocycles. The quantitative estimate of drug-likeness (QED) is 0.467. The summed E-state index contributed by atoms with van der Waals surface area (Å²) in [4.78, 5) is 4.81. The second-order valence-corrected chi connectivity index (χ2v) is 7.96. The summed E-state index contributed by atoms with van der Waals surface area (Å²) in [5.41, 5.74) is 5.07. The Bertz CT molecular complexity index is 972. The first kappa shape index (κ1) is 21.3. The third kappa shape index (κ3) is 4.31. The Hall–Kier alpha value is -2.37. The molecule has 3 rings (SSSR count). The number of para-hydroxylation sites is 1. The largest absolute Gasteiger partial charge is 0.395 e. The van der Waals surface area contributed by atoms with Crippen LogP contribution in [-0.2, 0) is 12.1 Å². The van der Waals surface area contributed by atoms with Gasteiger partial charge in [-0.3, -0.25) is 0 Å². The minimum absolute atomic E-state index is 0.00133. The molecule has 0 aliphatic heterocycles. The van der Waals surface area contributed by atoms with Crippen molar-refractivity contribution in [3.63, 3.8) is 0 Å². The fourth-order valence-electron chi connectivity index (χ4n) is 4.27. The van der Waals surface area contributed by atoms with E-state index in [0.29, 0.717) is 25.3 Å². The van der Waals surface area contributed by atoms with Gasteiger partial charge in [0.05, 0.1) is 23.2 Å². The van der Waals surface area contributed by atoms with Crippen molar-refractivity contribution in [1.29, 1.82) is 0 Å². The number of hydrogen-bond acceptors (Lipinski definition) is 4. The van der Waals surface area contributed by atoms with Crippen molar-refractivity contribution in [2.75, 3.05) is 11.9 Å². The molecule has 0 amide bonds. The summed E-state index contributed by atoms with van der Waals surface area (Å²) >= 11 is 0. The lowest BCUT2D eigenvalue weighted by molar-refractivity contribution is 0.0181. The lowest BCUT2D eigenvalue weighted by Crippen LogP contribution is -2.26. The van der Waals surface area contributed by atoms with Crippen LogP contribution in [0.5, 0.6) is 0 Å².